The van der Waals surface area contributed by atoms with Crippen molar-refractivity contribution in [2.24, 2.45) is 0 Å². The Labute approximate surface area is 148 Å². The molecule has 2 saturated heterocycles. The largest absolute Gasteiger partial charge is 0.507 e. The number of hydrogen-bond donors (Lipinski definition) is 2. The quantitative estimate of drug-likeness (QED) is 0.750. The Hall–Kier alpha value is -2.44. The summed E-state index contributed by atoms with van der Waals surface area (Å²) in [7, 11) is 0. The second kappa shape index (κ2) is 5.54. The second-order valence-corrected chi connectivity index (χ2v) is 6.94. The molecule has 1 aromatic carbocycles. The molecule has 6 rings (SSSR count). The fourth-order valence-corrected chi connectivity index (χ4v) is 3.84. The molecule has 3 atom stereocenters. The summed E-state index contributed by atoms with van der Waals surface area (Å²) in [5.74, 6) is 0.770. The highest BCUT2D eigenvalue weighted by molar-refractivity contribution is 6.30. The molecule has 0 radical (unpaired) electrons. The van der Waals surface area contributed by atoms with E-state index in [4.69, 9.17) is 16.3 Å². The van der Waals surface area contributed by atoms with E-state index in [2.05, 4.69) is 20.5 Å². The molecule has 0 unspecified atom stereocenters. The fourth-order valence-electron chi connectivity index (χ4n) is 3.68. The number of halogens is 1. The van der Waals surface area contributed by atoms with Crippen LogP contribution >= 0.6 is 11.6 Å². The number of nitrogens with zero attached hydrogens (tertiary/aromatic N) is 3. The highest BCUT2D eigenvalue weighted by Crippen LogP contribution is 2.40. The molecule has 25 heavy (non-hydrogen) atoms. The van der Waals surface area contributed by atoms with Gasteiger partial charge in [0.05, 0.1) is 18.2 Å². The van der Waals surface area contributed by atoms with Crippen molar-refractivity contribution < 1.29 is 9.84 Å². The lowest BCUT2D eigenvalue weighted by Gasteiger charge is -2.26. The van der Waals surface area contributed by atoms with Gasteiger partial charge in [0.25, 0.3) is 0 Å². The third-order valence-electron chi connectivity index (χ3n) is 4.95. The summed E-state index contributed by atoms with van der Waals surface area (Å²) < 4.78 is 5.70. The van der Waals surface area contributed by atoms with Crippen molar-refractivity contribution in [1.29, 1.82) is 0 Å². The van der Waals surface area contributed by atoms with Crippen molar-refractivity contribution in [3.63, 3.8) is 0 Å². The summed E-state index contributed by atoms with van der Waals surface area (Å²) in [6, 6.07) is 7.11. The van der Waals surface area contributed by atoms with Crippen LogP contribution in [0.15, 0.2) is 36.7 Å². The van der Waals surface area contributed by atoms with Crippen LogP contribution in [0, 0.1) is 0 Å². The molecule has 0 spiro atoms. The molecule has 1 aliphatic carbocycles. The number of aromatic hydroxyl groups is 1. The number of phenolic OH excluding ortho intramolecular Hbond substituents is 1. The smallest absolute Gasteiger partial charge is 0.158 e. The molecule has 4 heterocycles. The number of anilines is 1. The maximum absolute atomic E-state index is 10.2. The van der Waals surface area contributed by atoms with E-state index >= 15 is 0 Å². The summed E-state index contributed by atoms with van der Waals surface area (Å²) in [5, 5.41) is 24.6. The van der Waals surface area contributed by atoms with Gasteiger partial charge in [-0.3, -0.25) is 4.98 Å². The number of pyridine rings is 1. The molecule has 2 aromatic heterocycles. The van der Waals surface area contributed by atoms with Gasteiger partial charge in [0, 0.05) is 40.2 Å². The zero-order valence-electron chi connectivity index (χ0n) is 13.2. The average Bonchev–Trinajstić information content (AvgIpc) is 3.15. The first-order valence-electron chi connectivity index (χ1n) is 8.20. The standard InChI is InChI=1S/C18H15ClN4O2/c19-9-1-2-12(15(24)5-9)17-11-3-4-20-8-13(11)18(23-22-17)21-14-6-10-7-16(14)25-10/h1-5,8,10,14,16,24H,6-7H2,(H,21,23)/t10-,14-,16-/m1/s1. The number of fused-ring (bicyclic) bond motifs is 2. The maximum atomic E-state index is 10.2. The summed E-state index contributed by atoms with van der Waals surface area (Å²) in [4.78, 5) is 4.23. The summed E-state index contributed by atoms with van der Waals surface area (Å²) in [6.45, 7) is 0. The molecule has 126 valence electrons. The lowest BCUT2D eigenvalue weighted by atomic mass is 10.0. The Bertz CT molecular complexity index is 974. The minimum absolute atomic E-state index is 0.0747. The van der Waals surface area contributed by atoms with E-state index in [0.717, 1.165) is 23.6 Å². The normalized spacial score (nSPS) is 24.3. The third-order valence-corrected chi connectivity index (χ3v) is 5.18. The molecule has 2 aliphatic heterocycles. The first-order valence-corrected chi connectivity index (χ1v) is 8.58. The molecule has 2 N–H and O–H groups in total. The zero-order chi connectivity index (χ0) is 17.0. The number of phenols is 1. The van der Waals surface area contributed by atoms with E-state index in [0.29, 0.717) is 28.2 Å². The fraction of sp³-hybridized carbons (Fsp3) is 0.278. The van der Waals surface area contributed by atoms with Gasteiger partial charge in [0.2, 0.25) is 0 Å². The molecular formula is C18H15ClN4O2. The van der Waals surface area contributed by atoms with Crippen molar-refractivity contribution in [3.8, 4) is 17.0 Å². The van der Waals surface area contributed by atoms with E-state index in [1.54, 1.807) is 24.5 Å². The van der Waals surface area contributed by atoms with Crippen LogP contribution in [0.4, 0.5) is 5.82 Å². The van der Waals surface area contributed by atoms with Gasteiger partial charge in [-0.05, 0) is 30.7 Å². The van der Waals surface area contributed by atoms with E-state index < -0.39 is 0 Å². The van der Waals surface area contributed by atoms with Gasteiger partial charge < -0.3 is 15.2 Å². The number of hydrogen-bond acceptors (Lipinski definition) is 6. The Balaban J connectivity index is 1.60. The highest BCUT2D eigenvalue weighted by atomic mass is 35.5. The van der Waals surface area contributed by atoms with Crippen LogP contribution < -0.4 is 5.32 Å². The highest BCUT2D eigenvalue weighted by Gasteiger charge is 2.46. The van der Waals surface area contributed by atoms with Crippen LogP contribution in [-0.2, 0) is 4.74 Å². The maximum Gasteiger partial charge on any atom is 0.158 e. The molecule has 3 aromatic rings. The van der Waals surface area contributed by atoms with Crippen molar-refractivity contribution in [1.82, 2.24) is 15.2 Å². The van der Waals surface area contributed by atoms with Crippen LogP contribution in [0.2, 0.25) is 5.02 Å². The second-order valence-electron chi connectivity index (χ2n) is 6.50. The number of aromatic nitrogens is 3. The lowest BCUT2D eigenvalue weighted by Crippen LogP contribution is -2.33. The van der Waals surface area contributed by atoms with Crippen molar-refractivity contribution >= 4 is 28.2 Å². The van der Waals surface area contributed by atoms with Crippen LogP contribution in [-0.4, -0.2) is 38.5 Å². The summed E-state index contributed by atoms with van der Waals surface area (Å²) in [6.07, 6.45) is 6.22. The lowest BCUT2D eigenvalue weighted by molar-refractivity contribution is -0.0666. The molecule has 0 amide bonds. The topological polar surface area (TPSA) is 80.2 Å². The van der Waals surface area contributed by atoms with Crippen molar-refractivity contribution in [2.75, 3.05) is 5.32 Å². The molecule has 7 heteroatoms. The number of nitrogens with one attached hydrogen (secondary N) is 1. The Kier molecular flexibility index (Phi) is 3.29. The van der Waals surface area contributed by atoms with Gasteiger partial charge in [-0.15, -0.1) is 10.2 Å². The predicted molar refractivity (Wildman–Crippen MR) is 94.7 cm³/mol. The van der Waals surface area contributed by atoms with Crippen LogP contribution in [0.1, 0.15) is 12.8 Å². The minimum Gasteiger partial charge on any atom is -0.507 e. The number of benzene rings is 1. The molecule has 3 fully saturated rings. The van der Waals surface area contributed by atoms with Gasteiger partial charge in [-0.2, -0.15) is 0 Å². The van der Waals surface area contributed by atoms with Gasteiger partial charge >= 0.3 is 0 Å². The number of rotatable bonds is 3. The Morgan fingerprint density at radius 2 is 2.04 bits per heavy atom. The van der Waals surface area contributed by atoms with Gasteiger partial charge in [0.1, 0.15) is 11.4 Å². The molecule has 6 nitrogen and oxygen atoms in total. The van der Waals surface area contributed by atoms with Crippen LogP contribution in [0.5, 0.6) is 5.75 Å². The molecule has 1 saturated carbocycles. The average molecular weight is 355 g/mol. The summed E-state index contributed by atoms with van der Waals surface area (Å²) in [5.41, 5.74) is 1.19. The van der Waals surface area contributed by atoms with E-state index in [9.17, 15) is 5.11 Å². The zero-order valence-corrected chi connectivity index (χ0v) is 13.9. The third kappa shape index (κ3) is 2.41. The number of ether oxygens (including phenoxy) is 1. The van der Waals surface area contributed by atoms with E-state index in [1.807, 2.05) is 6.07 Å². The van der Waals surface area contributed by atoms with Gasteiger partial charge in [0.15, 0.2) is 5.82 Å². The van der Waals surface area contributed by atoms with E-state index in [1.165, 1.54) is 6.07 Å². The SMILES string of the molecule is Oc1cc(Cl)ccc1-c1nnc(N[C@@H]2C[C@@H]3C[C@H]2O3)c2cnccc12. The minimum atomic E-state index is 0.0747. The first kappa shape index (κ1) is 14.9. The van der Waals surface area contributed by atoms with Gasteiger partial charge in [-0.25, -0.2) is 0 Å². The van der Waals surface area contributed by atoms with Crippen LogP contribution in [0.25, 0.3) is 22.0 Å². The summed E-state index contributed by atoms with van der Waals surface area (Å²) >= 11 is 5.93. The Morgan fingerprint density at radius 1 is 1.16 bits per heavy atom. The first-order chi connectivity index (χ1) is 12.2. The van der Waals surface area contributed by atoms with E-state index in [-0.39, 0.29) is 17.9 Å². The molecule has 2 bridgehead atoms. The predicted octanol–water partition coefficient (Wildman–Crippen LogP) is 3.39. The van der Waals surface area contributed by atoms with Crippen LogP contribution in [0.3, 0.4) is 0 Å². The molecular weight excluding hydrogens is 340 g/mol. The Morgan fingerprint density at radius 3 is 2.80 bits per heavy atom. The van der Waals surface area contributed by atoms with Crippen molar-refractivity contribution in [3.05, 3.63) is 41.7 Å². The molecule has 3 aliphatic rings. The van der Waals surface area contributed by atoms with Crippen molar-refractivity contribution in [2.45, 2.75) is 31.1 Å². The monoisotopic (exact) mass is 354 g/mol. The van der Waals surface area contributed by atoms with Gasteiger partial charge in [-0.1, -0.05) is 11.6 Å².